The first-order chi connectivity index (χ1) is 12.3. The topological polar surface area (TPSA) is 90.7 Å². The van der Waals surface area contributed by atoms with Crippen molar-refractivity contribution in [3.63, 3.8) is 0 Å². The van der Waals surface area contributed by atoms with Gasteiger partial charge < -0.3 is 14.8 Å². The Kier molecular flexibility index (Phi) is 6.29. The van der Waals surface area contributed by atoms with Crippen LogP contribution in [0, 0.1) is 10.1 Å². The van der Waals surface area contributed by atoms with Crippen LogP contribution in [-0.4, -0.2) is 24.0 Å². The van der Waals surface area contributed by atoms with Gasteiger partial charge in [-0.3, -0.25) is 14.9 Å². The number of halogens is 3. The van der Waals surface area contributed by atoms with Crippen LogP contribution in [0.4, 0.5) is 20.2 Å². The van der Waals surface area contributed by atoms with E-state index in [0.717, 1.165) is 6.07 Å². The zero-order chi connectivity index (χ0) is 19.3. The highest BCUT2D eigenvalue weighted by atomic mass is 35.5. The molecule has 0 atom stereocenters. The second-order valence-electron chi connectivity index (χ2n) is 4.85. The molecule has 0 unspecified atom stereocenters. The highest BCUT2D eigenvalue weighted by Gasteiger charge is 2.19. The largest absolute Gasteiger partial charge is 0.487 e. The SMILES string of the molecule is CCOc1ccc(C(=O)Nc2ccc(OC(F)F)c(Cl)c2)cc1[N+](=O)[O-]. The maximum atomic E-state index is 12.3. The molecule has 0 aliphatic rings. The predicted molar refractivity (Wildman–Crippen MR) is 90.3 cm³/mol. The molecule has 2 aromatic rings. The summed E-state index contributed by atoms with van der Waals surface area (Å²) in [7, 11) is 0. The van der Waals surface area contributed by atoms with E-state index < -0.39 is 17.4 Å². The number of nitrogens with zero attached hydrogens (tertiary/aromatic N) is 1. The van der Waals surface area contributed by atoms with Gasteiger partial charge in [-0.1, -0.05) is 11.6 Å². The Morgan fingerprint density at radius 3 is 2.54 bits per heavy atom. The molecule has 138 valence electrons. The fourth-order valence-corrected chi connectivity index (χ4v) is 2.28. The molecule has 0 fully saturated rings. The van der Waals surface area contributed by atoms with E-state index in [9.17, 15) is 23.7 Å². The van der Waals surface area contributed by atoms with Crippen molar-refractivity contribution in [2.45, 2.75) is 13.5 Å². The molecule has 0 aliphatic heterocycles. The van der Waals surface area contributed by atoms with Gasteiger partial charge in [0.15, 0.2) is 5.75 Å². The highest BCUT2D eigenvalue weighted by Crippen LogP contribution is 2.30. The fourth-order valence-electron chi connectivity index (χ4n) is 2.05. The number of hydrogen-bond acceptors (Lipinski definition) is 5. The molecule has 2 aromatic carbocycles. The minimum absolute atomic E-state index is 0.0178. The average molecular weight is 387 g/mol. The van der Waals surface area contributed by atoms with Crippen molar-refractivity contribution in [2.24, 2.45) is 0 Å². The summed E-state index contributed by atoms with van der Waals surface area (Å²) in [6.45, 7) is -1.12. The number of carbonyl (C=O) groups excluding carboxylic acids is 1. The molecule has 7 nitrogen and oxygen atoms in total. The van der Waals surface area contributed by atoms with Crippen LogP contribution in [0.15, 0.2) is 36.4 Å². The van der Waals surface area contributed by atoms with Gasteiger partial charge in [0.1, 0.15) is 5.75 Å². The summed E-state index contributed by atoms with van der Waals surface area (Å²) in [5.74, 6) is -0.836. The third-order valence-electron chi connectivity index (χ3n) is 3.12. The Hall–Kier alpha value is -2.94. The summed E-state index contributed by atoms with van der Waals surface area (Å²) in [6.07, 6.45) is 0. The molecule has 0 spiro atoms. The maximum Gasteiger partial charge on any atom is 0.387 e. The van der Waals surface area contributed by atoms with Crippen LogP contribution in [0.25, 0.3) is 0 Å². The maximum absolute atomic E-state index is 12.3. The van der Waals surface area contributed by atoms with Gasteiger partial charge in [0.05, 0.1) is 16.6 Å². The Bertz CT molecular complexity index is 832. The summed E-state index contributed by atoms with van der Waals surface area (Å²) in [5, 5.41) is 13.4. The molecule has 0 heterocycles. The Morgan fingerprint density at radius 2 is 1.96 bits per heavy atom. The van der Waals surface area contributed by atoms with E-state index in [1.165, 1.54) is 30.3 Å². The number of alkyl halides is 2. The van der Waals surface area contributed by atoms with E-state index in [-0.39, 0.29) is 40.1 Å². The zero-order valence-corrected chi connectivity index (χ0v) is 14.1. The van der Waals surface area contributed by atoms with E-state index in [0.29, 0.717) is 0 Å². The third kappa shape index (κ3) is 4.79. The predicted octanol–water partition coefficient (Wildman–Crippen LogP) is 4.50. The van der Waals surface area contributed by atoms with E-state index in [4.69, 9.17) is 16.3 Å². The number of carbonyl (C=O) groups is 1. The summed E-state index contributed by atoms with van der Waals surface area (Å²) >= 11 is 5.81. The first-order valence-electron chi connectivity index (χ1n) is 7.28. The number of nitrogens with one attached hydrogen (secondary N) is 1. The van der Waals surface area contributed by atoms with Crippen molar-refractivity contribution in [3.8, 4) is 11.5 Å². The smallest absolute Gasteiger partial charge is 0.387 e. The van der Waals surface area contributed by atoms with Crippen molar-refractivity contribution < 1.29 is 28.0 Å². The van der Waals surface area contributed by atoms with Crippen LogP contribution in [0.1, 0.15) is 17.3 Å². The summed E-state index contributed by atoms with van der Waals surface area (Å²) in [5.41, 5.74) is -0.124. The number of nitro benzene ring substituents is 1. The summed E-state index contributed by atoms with van der Waals surface area (Å²) in [6, 6.07) is 7.47. The van der Waals surface area contributed by atoms with Crippen molar-refractivity contribution >= 4 is 28.9 Å². The van der Waals surface area contributed by atoms with Gasteiger partial charge in [0.25, 0.3) is 5.91 Å². The van der Waals surface area contributed by atoms with Gasteiger partial charge in [0.2, 0.25) is 0 Å². The Balaban J connectivity index is 2.21. The standard InChI is InChI=1S/C16H13ClF2N2O5/c1-2-25-14-5-3-9(7-12(14)21(23)24)15(22)20-10-4-6-13(11(17)8-10)26-16(18)19/h3-8,16H,2H2,1H3,(H,20,22). The molecule has 0 aromatic heterocycles. The van der Waals surface area contributed by atoms with Gasteiger partial charge >= 0.3 is 12.3 Å². The molecule has 2 rings (SSSR count). The van der Waals surface area contributed by atoms with Gasteiger partial charge in [-0.05, 0) is 37.3 Å². The number of ether oxygens (including phenoxy) is 2. The van der Waals surface area contributed by atoms with Crippen LogP contribution >= 0.6 is 11.6 Å². The first kappa shape index (κ1) is 19.4. The Morgan fingerprint density at radius 1 is 1.27 bits per heavy atom. The van der Waals surface area contributed by atoms with Crippen molar-refractivity contribution in [2.75, 3.05) is 11.9 Å². The number of amides is 1. The number of anilines is 1. The molecule has 1 N–H and O–H groups in total. The van der Waals surface area contributed by atoms with Crippen LogP contribution in [0.2, 0.25) is 5.02 Å². The van der Waals surface area contributed by atoms with E-state index >= 15 is 0 Å². The molecule has 0 radical (unpaired) electrons. The minimum Gasteiger partial charge on any atom is -0.487 e. The lowest BCUT2D eigenvalue weighted by Gasteiger charge is -2.10. The highest BCUT2D eigenvalue weighted by molar-refractivity contribution is 6.32. The lowest BCUT2D eigenvalue weighted by atomic mass is 10.1. The number of nitro groups is 1. The third-order valence-corrected chi connectivity index (χ3v) is 3.42. The van der Waals surface area contributed by atoms with Gasteiger partial charge in [-0.2, -0.15) is 8.78 Å². The molecule has 1 amide bonds. The van der Waals surface area contributed by atoms with E-state index in [1.54, 1.807) is 6.92 Å². The van der Waals surface area contributed by atoms with Gasteiger partial charge in [0, 0.05) is 17.3 Å². The fraction of sp³-hybridized carbons (Fsp3) is 0.188. The normalized spacial score (nSPS) is 10.5. The number of benzene rings is 2. The van der Waals surface area contributed by atoms with Crippen LogP contribution in [-0.2, 0) is 0 Å². The van der Waals surface area contributed by atoms with E-state index in [1.807, 2.05) is 0 Å². The first-order valence-corrected chi connectivity index (χ1v) is 7.66. The monoisotopic (exact) mass is 386 g/mol. The molecule has 0 bridgehead atoms. The molecular formula is C16H13ClF2N2O5. The molecule has 26 heavy (non-hydrogen) atoms. The molecular weight excluding hydrogens is 374 g/mol. The quantitative estimate of drug-likeness (QED) is 0.558. The minimum atomic E-state index is -3.03. The van der Waals surface area contributed by atoms with Gasteiger partial charge in [-0.15, -0.1) is 0 Å². The average Bonchev–Trinajstić information content (AvgIpc) is 2.57. The molecule has 10 heteroatoms. The van der Waals surface area contributed by atoms with Crippen molar-refractivity contribution in [1.82, 2.24) is 0 Å². The number of hydrogen-bond donors (Lipinski definition) is 1. The molecule has 0 aliphatic carbocycles. The molecule has 0 saturated heterocycles. The lowest BCUT2D eigenvalue weighted by Crippen LogP contribution is -2.12. The van der Waals surface area contributed by atoms with Crippen molar-refractivity contribution in [3.05, 3.63) is 57.1 Å². The van der Waals surface area contributed by atoms with Crippen molar-refractivity contribution in [1.29, 1.82) is 0 Å². The van der Waals surface area contributed by atoms with Crippen LogP contribution < -0.4 is 14.8 Å². The van der Waals surface area contributed by atoms with Gasteiger partial charge in [-0.25, -0.2) is 0 Å². The second kappa shape index (κ2) is 8.43. The molecule has 0 saturated carbocycles. The number of rotatable bonds is 7. The lowest BCUT2D eigenvalue weighted by molar-refractivity contribution is -0.385. The summed E-state index contributed by atoms with van der Waals surface area (Å²) < 4.78 is 33.8. The van der Waals surface area contributed by atoms with Crippen LogP contribution in [0.5, 0.6) is 11.5 Å². The Labute approximate surface area is 151 Å². The second-order valence-corrected chi connectivity index (χ2v) is 5.26. The summed E-state index contributed by atoms with van der Waals surface area (Å²) in [4.78, 5) is 22.7. The van der Waals surface area contributed by atoms with E-state index in [2.05, 4.69) is 10.1 Å². The zero-order valence-electron chi connectivity index (χ0n) is 13.4. The van der Waals surface area contributed by atoms with Crippen LogP contribution in [0.3, 0.4) is 0 Å².